The Balaban J connectivity index is 1.57. The van der Waals surface area contributed by atoms with E-state index in [-0.39, 0.29) is 11.8 Å². The molecule has 0 saturated heterocycles. The van der Waals surface area contributed by atoms with Gasteiger partial charge in [0.05, 0.1) is 15.9 Å². The SMILES string of the molecule is O=C(CC(c1ccccc1)c1ccccc1)N(c1cccc(Cl)c1)c1nc2ccccc2s1. The molecule has 0 fully saturated rings. The fourth-order valence-corrected chi connectivity index (χ4v) is 5.19. The Hall–Kier alpha value is -3.47. The van der Waals surface area contributed by atoms with Crippen LogP contribution in [-0.2, 0) is 4.79 Å². The lowest BCUT2D eigenvalue weighted by molar-refractivity contribution is -0.118. The summed E-state index contributed by atoms with van der Waals surface area (Å²) in [6.07, 6.45) is 0.302. The van der Waals surface area contributed by atoms with Crippen LogP contribution in [0, 0.1) is 0 Å². The predicted octanol–water partition coefficient (Wildman–Crippen LogP) is 7.84. The third-order valence-corrected chi connectivity index (χ3v) is 6.83. The van der Waals surface area contributed by atoms with Crippen LogP contribution in [0.15, 0.2) is 109 Å². The molecule has 0 aliphatic heterocycles. The first kappa shape index (κ1) is 21.4. The molecule has 1 aromatic heterocycles. The number of hydrogen-bond acceptors (Lipinski definition) is 3. The van der Waals surface area contributed by atoms with E-state index >= 15 is 0 Å². The molecule has 33 heavy (non-hydrogen) atoms. The predicted molar refractivity (Wildman–Crippen MR) is 138 cm³/mol. The van der Waals surface area contributed by atoms with Crippen LogP contribution in [0.5, 0.6) is 0 Å². The Bertz CT molecular complexity index is 1310. The molecule has 0 saturated carbocycles. The fourth-order valence-electron chi connectivity index (χ4n) is 4.00. The zero-order valence-corrected chi connectivity index (χ0v) is 19.3. The number of halogens is 1. The third-order valence-electron chi connectivity index (χ3n) is 5.57. The van der Waals surface area contributed by atoms with Crippen LogP contribution in [0.3, 0.4) is 0 Å². The molecular weight excluding hydrogens is 448 g/mol. The molecule has 0 atom stereocenters. The lowest BCUT2D eigenvalue weighted by atomic mass is 9.88. The summed E-state index contributed by atoms with van der Waals surface area (Å²) in [5.74, 6) is -0.106. The normalized spacial score (nSPS) is 11.1. The third kappa shape index (κ3) is 4.68. The minimum Gasteiger partial charge on any atom is -0.274 e. The standard InChI is InChI=1S/C28H21ClN2OS/c29-22-14-9-15-23(18-22)31(28-30-25-16-7-8-17-26(25)33-28)27(32)19-24(20-10-3-1-4-11-20)21-12-5-2-6-13-21/h1-18,24H,19H2. The summed E-state index contributed by atoms with van der Waals surface area (Å²) < 4.78 is 1.04. The molecule has 5 rings (SSSR count). The van der Waals surface area contributed by atoms with E-state index in [0.717, 1.165) is 21.3 Å². The molecule has 0 aliphatic carbocycles. The van der Waals surface area contributed by atoms with Crippen LogP contribution in [0.25, 0.3) is 10.2 Å². The molecule has 1 heterocycles. The number of carbonyl (C=O) groups excluding carboxylic acids is 1. The molecule has 0 N–H and O–H groups in total. The van der Waals surface area contributed by atoms with Gasteiger partial charge in [-0.05, 0) is 41.5 Å². The highest BCUT2D eigenvalue weighted by Crippen LogP contribution is 2.37. The second kappa shape index (κ2) is 9.57. The summed E-state index contributed by atoms with van der Waals surface area (Å²) in [4.78, 5) is 20.4. The number of rotatable bonds is 6. The maximum atomic E-state index is 13.9. The summed E-state index contributed by atoms with van der Waals surface area (Å²) in [7, 11) is 0. The van der Waals surface area contributed by atoms with Gasteiger partial charge in [0, 0.05) is 17.4 Å². The first-order chi connectivity index (χ1) is 16.2. The molecule has 5 heteroatoms. The highest BCUT2D eigenvalue weighted by atomic mass is 35.5. The molecule has 0 spiro atoms. The van der Waals surface area contributed by atoms with Crippen LogP contribution in [0.1, 0.15) is 23.5 Å². The molecule has 1 amide bonds. The minimum atomic E-state index is -0.0732. The van der Waals surface area contributed by atoms with Crippen molar-refractivity contribution in [3.63, 3.8) is 0 Å². The van der Waals surface area contributed by atoms with Crippen LogP contribution < -0.4 is 4.90 Å². The quantitative estimate of drug-likeness (QED) is 0.254. The Kier molecular flexibility index (Phi) is 6.20. The Morgan fingerprint density at radius 1 is 0.818 bits per heavy atom. The topological polar surface area (TPSA) is 33.2 Å². The van der Waals surface area contributed by atoms with E-state index < -0.39 is 0 Å². The number of fused-ring (bicyclic) bond motifs is 1. The van der Waals surface area contributed by atoms with Crippen molar-refractivity contribution >= 4 is 49.9 Å². The van der Waals surface area contributed by atoms with Crippen molar-refractivity contribution in [3.05, 3.63) is 125 Å². The van der Waals surface area contributed by atoms with Gasteiger partial charge in [0.2, 0.25) is 5.91 Å². The number of nitrogens with zero attached hydrogens (tertiary/aromatic N) is 2. The number of amides is 1. The van der Waals surface area contributed by atoms with E-state index in [1.165, 1.54) is 11.3 Å². The number of carbonyl (C=O) groups is 1. The van der Waals surface area contributed by atoms with Crippen molar-refractivity contribution in [2.24, 2.45) is 0 Å². The molecule has 0 aliphatic rings. The summed E-state index contributed by atoms with van der Waals surface area (Å²) in [6, 6.07) is 35.6. The van der Waals surface area contributed by atoms with E-state index in [0.29, 0.717) is 22.3 Å². The second-order valence-corrected chi connectivity index (χ2v) is 9.20. The molecule has 4 aromatic carbocycles. The number of benzene rings is 4. The molecule has 5 aromatic rings. The number of aromatic nitrogens is 1. The number of thiazole rings is 1. The van der Waals surface area contributed by atoms with Gasteiger partial charge in [0.1, 0.15) is 0 Å². The smallest absolute Gasteiger partial charge is 0.234 e. The van der Waals surface area contributed by atoms with Gasteiger partial charge in [-0.25, -0.2) is 4.98 Å². The van der Waals surface area contributed by atoms with Gasteiger partial charge < -0.3 is 0 Å². The Morgan fingerprint density at radius 2 is 1.45 bits per heavy atom. The summed E-state index contributed by atoms with van der Waals surface area (Å²) in [6.45, 7) is 0. The van der Waals surface area contributed by atoms with Gasteiger partial charge in [-0.2, -0.15) is 0 Å². The Labute approximate surface area is 201 Å². The van der Waals surface area contributed by atoms with E-state index in [2.05, 4.69) is 24.3 Å². The second-order valence-electron chi connectivity index (χ2n) is 7.75. The zero-order valence-electron chi connectivity index (χ0n) is 17.8. The van der Waals surface area contributed by atoms with Gasteiger partial charge in [-0.15, -0.1) is 0 Å². The van der Waals surface area contributed by atoms with Gasteiger partial charge in [-0.1, -0.05) is 102 Å². The van der Waals surface area contributed by atoms with Crippen molar-refractivity contribution < 1.29 is 4.79 Å². The highest BCUT2D eigenvalue weighted by molar-refractivity contribution is 7.22. The van der Waals surface area contributed by atoms with Gasteiger partial charge in [-0.3, -0.25) is 9.69 Å². The van der Waals surface area contributed by atoms with Gasteiger partial charge >= 0.3 is 0 Å². The summed E-state index contributed by atoms with van der Waals surface area (Å²) in [5.41, 5.74) is 3.80. The molecule has 0 unspecified atom stereocenters. The monoisotopic (exact) mass is 468 g/mol. The summed E-state index contributed by atoms with van der Waals surface area (Å²) in [5, 5.41) is 1.22. The molecule has 0 bridgehead atoms. The highest BCUT2D eigenvalue weighted by Gasteiger charge is 2.26. The van der Waals surface area contributed by atoms with Gasteiger partial charge in [0.15, 0.2) is 5.13 Å². The molecule has 3 nitrogen and oxygen atoms in total. The van der Waals surface area contributed by atoms with Crippen molar-refractivity contribution in [1.82, 2.24) is 4.98 Å². The van der Waals surface area contributed by atoms with Crippen LogP contribution >= 0.6 is 22.9 Å². The number of para-hydroxylation sites is 1. The first-order valence-corrected chi connectivity index (χ1v) is 11.9. The zero-order chi connectivity index (χ0) is 22.6. The maximum Gasteiger partial charge on any atom is 0.234 e. The largest absolute Gasteiger partial charge is 0.274 e. The molecular formula is C28H21ClN2OS. The Morgan fingerprint density at radius 3 is 2.09 bits per heavy atom. The lowest BCUT2D eigenvalue weighted by Gasteiger charge is -2.24. The first-order valence-electron chi connectivity index (χ1n) is 10.7. The van der Waals surface area contributed by atoms with Crippen LogP contribution in [-0.4, -0.2) is 10.9 Å². The van der Waals surface area contributed by atoms with E-state index in [1.54, 1.807) is 4.90 Å². The average molecular weight is 469 g/mol. The van der Waals surface area contributed by atoms with E-state index in [4.69, 9.17) is 16.6 Å². The van der Waals surface area contributed by atoms with Gasteiger partial charge in [0.25, 0.3) is 0 Å². The van der Waals surface area contributed by atoms with Crippen molar-refractivity contribution in [3.8, 4) is 0 Å². The molecule has 0 radical (unpaired) electrons. The maximum absolute atomic E-state index is 13.9. The lowest BCUT2D eigenvalue weighted by Crippen LogP contribution is -2.27. The molecule has 162 valence electrons. The minimum absolute atomic E-state index is 0.0333. The number of hydrogen-bond donors (Lipinski definition) is 0. The average Bonchev–Trinajstić information content (AvgIpc) is 3.27. The van der Waals surface area contributed by atoms with Crippen molar-refractivity contribution in [2.45, 2.75) is 12.3 Å². The van der Waals surface area contributed by atoms with Crippen molar-refractivity contribution in [2.75, 3.05) is 4.90 Å². The fraction of sp³-hybridized carbons (Fsp3) is 0.0714. The number of anilines is 2. The van der Waals surface area contributed by atoms with Crippen LogP contribution in [0.2, 0.25) is 5.02 Å². The summed E-state index contributed by atoms with van der Waals surface area (Å²) >= 11 is 7.81. The van der Waals surface area contributed by atoms with E-state index in [9.17, 15) is 4.79 Å². The van der Waals surface area contributed by atoms with Crippen molar-refractivity contribution in [1.29, 1.82) is 0 Å². The van der Waals surface area contributed by atoms with Crippen LogP contribution in [0.4, 0.5) is 10.8 Å². The van der Waals surface area contributed by atoms with E-state index in [1.807, 2.05) is 84.9 Å².